The number of hydrogen-bond donors (Lipinski definition) is 1. The molecule has 3 rings (SSSR count). The molecule has 1 aliphatic rings. The number of hydrogen-bond acceptors (Lipinski definition) is 3. The Bertz CT molecular complexity index is 760. The minimum atomic E-state index is -0.0462. The third-order valence-electron chi connectivity index (χ3n) is 4.53. The van der Waals surface area contributed by atoms with E-state index >= 15 is 0 Å². The maximum atomic E-state index is 12.8. The molecule has 2 aromatic rings. The van der Waals surface area contributed by atoms with E-state index in [1.54, 1.807) is 0 Å². The van der Waals surface area contributed by atoms with Gasteiger partial charge in [-0.25, -0.2) is 4.79 Å². The highest BCUT2D eigenvalue weighted by molar-refractivity contribution is 5.75. The van der Waals surface area contributed by atoms with Gasteiger partial charge in [-0.15, -0.1) is 0 Å². The van der Waals surface area contributed by atoms with E-state index in [0.29, 0.717) is 6.54 Å². The van der Waals surface area contributed by atoms with Crippen LogP contribution >= 0.6 is 0 Å². The first-order valence-electron chi connectivity index (χ1n) is 9.27. The Morgan fingerprint density at radius 2 is 2.08 bits per heavy atom. The van der Waals surface area contributed by atoms with Crippen LogP contribution in [0.15, 0.2) is 42.5 Å². The van der Waals surface area contributed by atoms with Crippen LogP contribution < -0.4 is 10.1 Å². The molecule has 2 amide bonds. The van der Waals surface area contributed by atoms with Crippen molar-refractivity contribution < 1.29 is 9.53 Å². The SMILES string of the molecule is Cc1cccc(C2CCCN2C(=O)NCc2ccccc2OC(C)C)n1. The number of ether oxygens (including phenoxy) is 1. The summed E-state index contributed by atoms with van der Waals surface area (Å²) in [6.07, 6.45) is 2.06. The second-order valence-corrected chi connectivity index (χ2v) is 6.99. The molecule has 1 fully saturated rings. The fourth-order valence-corrected chi connectivity index (χ4v) is 3.36. The number of nitrogens with zero attached hydrogens (tertiary/aromatic N) is 2. The van der Waals surface area contributed by atoms with Crippen LogP contribution in [0.3, 0.4) is 0 Å². The lowest BCUT2D eigenvalue weighted by atomic mass is 10.1. The number of rotatable bonds is 5. The molecule has 1 aliphatic heterocycles. The van der Waals surface area contributed by atoms with Gasteiger partial charge in [0.05, 0.1) is 17.8 Å². The molecule has 0 radical (unpaired) electrons. The van der Waals surface area contributed by atoms with Crippen LogP contribution in [0.5, 0.6) is 5.75 Å². The molecule has 1 saturated heterocycles. The van der Waals surface area contributed by atoms with Crippen LogP contribution in [-0.4, -0.2) is 28.6 Å². The lowest BCUT2D eigenvalue weighted by molar-refractivity contribution is 0.191. The maximum Gasteiger partial charge on any atom is 0.318 e. The van der Waals surface area contributed by atoms with Gasteiger partial charge in [-0.2, -0.15) is 0 Å². The summed E-state index contributed by atoms with van der Waals surface area (Å²) in [4.78, 5) is 19.3. The summed E-state index contributed by atoms with van der Waals surface area (Å²) in [6, 6.07) is 13.8. The van der Waals surface area contributed by atoms with Gasteiger partial charge in [-0.05, 0) is 51.8 Å². The predicted octanol–water partition coefficient (Wildman–Crippen LogP) is 4.22. The van der Waals surface area contributed by atoms with Crippen molar-refractivity contribution in [2.24, 2.45) is 0 Å². The van der Waals surface area contributed by atoms with Crippen molar-refractivity contribution in [3.8, 4) is 5.75 Å². The van der Waals surface area contributed by atoms with Gasteiger partial charge in [0.1, 0.15) is 5.75 Å². The molecule has 26 heavy (non-hydrogen) atoms. The van der Waals surface area contributed by atoms with E-state index in [9.17, 15) is 4.79 Å². The van der Waals surface area contributed by atoms with Crippen LogP contribution in [0.1, 0.15) is 49.7 Å². The largest absolute Gasteiger partial charge is 0.491 e. The van der Waals surface area contributed by atoms with Crippen LogP contribution in [0.4, 0.5) is 4.79 Å². The average Bonchev–Trinajstić information content (AvgIpc) is 3.10. The molecule has 0 saturated carbocycles. The minimum Gasteiger partial charge on any atom is -0.491 e. The Hall–Kier alpha value is -2.56. The Labute approximate surface area is 155 Å². The number of amides is 2. The highest BCUT2D eigenvalue weighted by atomic mass is 16.5. The van der Waals surface area contributed by atoms with Crippen molar-refractivity contribution >= 4 is 6.03 Å². The number of benzene rings is 1. The van der Waals surface area contributed by atoms with Crippen molar-refractivity contribution in [2.75, 3.05) is 6.54 Å². The molecule has 5 nitrogen and oxygen atoms in total. The first kappa shape index (κ1) is 18.2. The van der Waals surface area contributed by atoms with Gasteiger partial charge in [0.2, 0.25) is 0 Å². The number of aromatic nitrogens is 1. The van der Waals surface area contributed by atoms with Crippen LogP contribution in [-0.2, 0) is 6.54 Å². The topological polar surface area (TPSA) is 54.5 Å². The standard InChI is InChI=1S/C21H27N3O2/c1-15(2)26-20-12-5-4-9-17(20)14-22-21(25)24-13-7-11-19(24)18-10-6-8-16(3)23-18/h4-6,8-10,12,15,19H,7,11,13-14H2,1-3H3,(H,22,25). The number of para-hydroxylation sites is 1. The highest BCUT2D eigenvalue weighted by Gasteiger charge is 2.30. The smallest absolute Gasteiger partial charge is 0.318 e. The fraction of sp³-hybridized carbons (Fsp3) is 0.429. The van der Waals surface area contributed by atoms with Gasteiger partial charge >= 0.3 is 6.03 Å². The number of urea groups is 1. The summed E-state index contributed by atoms with van der Waals surface area (Å²) in [5.41, 5.74) is 2.94. The van der Waals surface area contributed by atoms with Gasteiger partial charge in [-0.1, -0.05) is 24.3 Å². The van der Waals surface area contributed by atoms with Crippen molar-refractivity contribution in [3.63, 3.8) is 0 Å². The van der Waals surface area contributed by atoms with Crippen molar-refractivity contribution in [1.82, 2.24) is 15.2 Å². The predicted molar refractivity (Wildman–Crippen MR) is 102 cm³/mol. The molecule has 0 bridgehead atoms. The van der Waals surface area contributed by atoms with Crippen molar-refractivity contribution in [2.45, 2.75) is 52.3 Å². The number of likely N-dealkylation sites (tertiary alicyclic amines) is 1. The molecule has 1 atom stereocenters. The van der Waals surface area contributed by atoms with E-state index in [4.69, 9.17) is 4.74 Å². The van der Waals surface area contributed by atoms with E-state index in [1.165, 1.54) is 0 Å². The summed E-state index contributed by atoms with van der Waals surface area (Å²) in [7, 11) is 0. The highest BCUT2D eigenvalue weighted by Crippen LogP contribution is 2.31. The first-order valence-corrected chi connectivity index (χ1v) is 9.27. The minimum absolute atomic E-state index is 0.0462. The van der Waals surface area contributed by atoms with Crippen LogP contribution in [0.25, 0.3) is 0 Å². The molecular weight excluding hydrogens is 326 g/mol. The van der Waals surface area contributed by atoms with Gasteiger partial charge in [0, 0.05) is 24.3 Å². The van der Waals surface area contributed by atoms with Gasteiger partial charge in [0.25, 0.3) is 0 Å². The number of pyridine rings is 1. The molecule has 2 heterocycles. The molecule has 1 N–H and O–H groups in total. The van der Waals surface area contributed by atoms with E-state index in [2.05, 4.69) is 10.3 Å². The first-order chi connectivity index (χ1) is 12.5. The normalized spacial score (nSPS) is 16.8. The zero-order valence-corrected chi connectivity index (χ0v) is 15.7. The monoisotopic (exact) mass is 353 g/mol. The lowest BCUT2D eigenvalue weighted by Crippen LogP contribution is -2.39. The summed E-state index contributed by atoms with van der Waals surface area (Å²) >= 11 is 0. The molecule has 138 valence electrons. The Balaban J connectivity index is 1.66. The maximum absolute atomic E-state index is 12.8. The van der Waals surface area contributed by atoms with E-state index < -0.39 is 0 Å². The van der Waals surface area contributed by atoms with Crippen LogP contribution in [0.2, 0.25) is 0 Å². The summed E-state index contributed by atoms with van der Waals surface area (Å²) in [5, 5.41) is 3.05. The zero-order valence-electron chi connectivity index (χ0n) is 15.7. The summed E-state index contributed by atoms with van der Waals surface area (Å²) in [5.74, 6) is 0.820. The van der Waals surface area contributed by atoms with Crippen molar-refractivity contribution in [1.29, 1.82) is 0 Å². The molecule has 1 aromatic heterocycles. The molecule has 0 spiro atoms. The van der Waals surface area contributed by atoms with Crippen LogP contribution in [0, 0.1) is 6.92 Å². The summed E-state index contributed by atoms with van der Waals surface area (Å²) < 4.78 is 5.83. The number of carbonyl (C=O) groups excluding carboxylic acids is 1. The second-order valence-electron chi connectivity index (χ2n) is 6.99. The number of carbonyl (C=O) groups is 1. The van der Waals surface area contributed by atoms with Crippen molar-refractivity contribution in [3.05, 3.63) is 59.4 Å². The number of nitrogens with one attached hydrogen (secondary N) is 1. The average molecular weight is 353 g/mol. The quantitative estimate of drug-likeness (QED) is 0.875. The zero-order chi connectivity index (χ0) is 18.5. The Morgan fingerprint density at radius 1 is 1.27 bits per heavy atom. The van der Waals surface area contributed by atoms with Gasteiger partial charge in [-0.3, -0.25) is 4.98 Å². The van der Waals surface area contributed by atoms with Gasteiger partial charge in [0.15, 0.2) is 0 Å². The Kier molecular flexibility index (Phi) is 5.76. The molecule has 1 aromatic carbocycles. The third-order valence-corrected chi connectivity index (χ3v) is 4.53. The van der Waals surface area contributed by atoms with E-state index in [1.807, 2.05) is 68.1 Å². The fourth-order valence-electron chi connectivity index (χ4n) is 3.36. The van der Waals surface area contributed by atoms with E-state index in [0.717, 1.165) is 42.1 Å². The molecule has 1 unspecified atom stereocenters. The van der Waals surface area contributed by atoms with Gasteiger partial charge < -0.3 is 15.0 Å². The number of aryl methyl sites for hydroxylation is 1. The second kappa shape index (κ2) is 8.21. The van der Waals surface area contributed by atoms with E-state index in [-0.39, 0.29) is 18.2 Å². The lowest BCUT2D eigenvalue weighted by Gasteiger charge is -2.25. The molecule has 0 aliphatic carbocycles. The molecule has 5 heteroatoms. The third kappa shape index (κ3) is 4.34. The Morgan fingerprint density at radius 3 is 2.85 bits per heavy atom. The summed E-state index contributed by atoms with van der Waals surface area (Å²) in [6.45, 7) is 7.19. The molecular formula is C21H27N3O2.